The van der Waals surface area contributed by atoms with Crippen molar-refractivity contribution in [1.82, 2.24) is 4.72 Å². The van der Waals surface area contributed by atoms with Crippen LogP contribution in [0.1, 0.15) is 31.2 Å². The smallest absolute Gasteiger partial charge is 0.217 e. The molecule has 6 heteroatoms. The fraction of sp³-hybridized carbons (Fsp3) is 0.600. The Hall–Kier alpha value is -0.430. The van der Waals surface area contributed by atoms with E-state index in [0.29, 0.717) is 6.42 Å². The van der Waals surface area contributed by atoms with Gasteiger partial charge in [0.25, 0.3) is 0 Å². The minimum absolute atomic E-state index is 0.195. The van der Waals surface area contributed by atoms with E-state index in [1.54, 1.807) is 0 Å². The summed E-state index contributed by atoms with van der Waals surface area (Å²) in [7, 11) is -3.44. The van der Waals surface area contributed by atoms with E-state index in [1.807, 2.05) is 24.4 Å². The summed E-state index contributed by atoms with van der Waals surface area (Å²) >= 11 is 1.53. The van der Waals surface area contributed by atoms with Crippen LogP contribution in [0.15, 0.2) is 17.5 Å². The quantitative estimate of drug-likeness (QED) is 0.817. The maximum Gasteiger partial charge on any atom is 0.217 e. The van der Waals surface area contributed by atoms with Crippen molar-refractivity contribution in [2.24, 2.45) is 0 Å². The summed E-state index contributed by atoms with van der Waals surface area (Å²) in [5.41, 5.74) is 0. The molecule has 2 unspecified atom stereocenters. The molecule has 0 aromatic carbocycles. The average Bonchev–Trinajstić information content (AvgIpc) is 2.78. The lowest BCUT2D eigenvalue weighted by atomic mass is 10.2. The Kier molecular flexibility index (Phi) is 4.91. The molecule has 0 radical (unpaired) electrons. The summed E-state index contributed by atoms with van der Waals surface area (Å²) in [6, 6.07) is 3.61. The largest absolute Gasteiger partial charge is 0.395 e. The Morgan fingerprint density at radius 3 is 2.69 bits per heavy atom. The Labute approximate surface area is 100 Å². The van der Waals surface area contributed by atoms with Gasteiger partial charge >= 0.3 is 0 Å². The van der Waals surface area contributed by atoms with Gasteiger partial charge in [0.05, 0.1) is 17.9 Å². The van der Waals surface area contributed by atoms with Gasteiger partial charge in [0.1, 0.15) is 0 Å². The first-order chi connectivity index (χ1) is 7.51. The Morgan fingerprint density at radius 1 is 1.56 bits per heavy atom. The van der Waals surface area contributed by atoms with E-state index in [0.717, 1.165) is 4.88 Å². The number of aliphatic hydroxyl groups excluding tert-OH is 1. The monoisotopic (exact) mass is 263 g/mol. The highest BCUT2D eigenvalue weighted by Gasteiger charge is 2.24. The van der Waals surface area contributed by atoms with Gasteiger partial charge in [-0.25, -0.2) is 13.1 Å². The molecule has 0 aliphatic heterocycles. The van der Waals surface area contributed by atoms with Crippen molar-refractivity contribution in [3.05, 3.63) is 22.4 Å². The minimum Gasteiger partial charge on any atom is -0.395 e. The molecule has 0 spiro atoms. The van der Waals surface area contributed by atoms with Crippen LogP contribution < -0.4 is 4.72 Å². The lowest BCUT2D eigenvalue weighted by Gasteiger charge is -2.18. The van der Waals surface area contributed by atoms with Crippen molar-refractivity contribution in [2.75, 3.05) is 6.61 Å². The molecule has 4 nitrogen and oxygen atoms in total. The minimum atomic E-state index is -3.44. The number of thiophene rings is 1. The maximum atomic E-state index is 11.8. The van der Waals surface area contributed by atoms with E-state index >= 15 is 0 Å². The lowest BCUT2D eigenvalue weighted by molar-refractivity contribution is 0.294. The Bertz CT molecular complexity index is 400. The van der Waals surface area contributed by atoms with Crippen LogP contribution >= 0.6 is 11.3 Å². The fourth-order valence-corrected chi connectivity index (χ4v) is 3.30. The van der Waals surface area contributed by atoms with Gasteiger partial charge in [-0.15, -0.1) is 11.3 Å². The molecule has 0 bridgehead atoms. The third-order valence-corrected chi connectivity index (χ3v) is 5.20. The molecule has 2 atom stereocenters. The first-order valence-electron chi connectivity index (χ1n) is 5.16. The van der Waals surface area contributed by atoms with Gasteiger partial charge in [0, 0.05) is 4.88 Å². The van der Waals surface area contributed by atoms with Gasteiger partial charge in [0.15, 0.2) is 0 Å². The van der Waals surface area contributed by atoms with Crippen LogP contribution in [-0.2, 0) is 10.0 Å². The number of sulfonamides is 1. The number of nitrogens with one attached hydrogen (secondary N) is 1. The molecule has 0 aliphatic carbocycles. The molecular formula is C10H17NO3S2. The summed E-state index contributed by atoms with van der Waals surface area (Å²) in [4.78, 5) is 0.996. The van der Waals surface area contributed by atoms with E-state index in [2.05, 4.69) is 4.72 Å². The second kappa shape index (κ2) is 5.77. The summed E-state index contributed by atoms with van der Waals surface area (Å²) in [5, 5.41) is 10.0. The summed E-state index contributed by atoms with van der Waals surface area (Å²) in [5.74, 6) is 0. The molecular weight excluding hydrogens is 246 g/mol. The van der Waals surface area contributed by atoms with Crippen molar-refractivity contribution in [3.63, 3.8) is 0 Å². The van der Waals surface area contributed by atoms with Gasteiger partial charge in [-0.2, -0.15) is 0 Å². The van der Waals surface area contributed by atoms with Crippen LogP contribution in [0.5, 0.6) is 0 Å². The molecule has 1 heterocycles. The number of rotatable bonds is 6. The number of aliphatic hydroxyl groups is 1. The van der Waals surface area contributed by atoms with E-state index < -0.39 is 15.3 Å². The average molecular weight is 263 g/mol. The van der Waals surface area contributed by atoms with Gasteiger partial charge in [-0.05, 0) is 24.8 Å². The zero-order valence-electron chi connectivity index (χ0n) is 9.38. The molecule has 0 saturated carbocycles. The van der Waals surface area contributed by atoms with Gasteiger partial charge in [-0.1, -0.05) is 13.0 Å². The highest BCUT2D eigenvalue weighted by Crippen LogP contribution is 2.23. The number of hydrogen-bond donors (Lipinski definition) is 2. The molecule has 2 N–H and O–H groups in total. The van der Waals surface area contributed by atoms with Crippen molar-refractivity contribution in [3.8, 4) is 0 Å². The molecule has 0 fully saturated rings. The molecule has 1 aromatic heterocycles. The molecule has 0 aliphatic rings. The Morgan fingerprint density at radius 2 is 2.25 bits per heavy atom. The van der Waals surface area contributed by atoms with Gasteiger partial charge in [-0.3, -0.25) is 0 Å². The third-order valence-electron chi connectivity index (χ3n) is 2.39. The highest BCUT2D eigenvalue weighted by atomic mass is 32.2. The van der Waals surface area contributed by atoms with E-state index in [9.17, 15) is 8.42 Å². The zero-order valence-corrected chi connectivity index (χ0v) is 11.0. The SMILES string of the molecule is CCC(NS(=O)(=O)C(C)CO)c1cccs1. The Balaban J connectivity index is 2.79. The normalized spacial score (nSPS) is 15.9. The van der Waals surface area contributed by atoms with Gasteiger partial charge < -0.3 is 5.11 Å². The van der Waals surface area contributed by atoms with Crippen LogP contribution in [-0.4, -0.2) is 25.4 Å². The molecule has 1 rings (SSSR count). The summed E-state index contributed by atoms with van der Waals surface area (Å²) in [6.45, 7) is 3.05. The van der Waals surface area contributed by atoms with Crippen molar-refractivity contribution in [2.45, 2.75) is 31.6 Å². The first kappa shape index (κ1) is 13.6. The van der Waals surface area contributed by atoms with E-state index in [-0.39, 0.29) is 12.6 Å². The zero-order chi connectivity index (χ0) is 12.2. The third kappa shape index (κ3) is 3.28. The molecule has 92 valence electrons. The molecule has 1 aromatic rings. The van der Waals surface area contributed by atoms with Crippen LogP contribution in [0.25, 0.3) is 0 Å². The van der Waals surface area contributed by atoms with E-state index in [4.69, 9.17) is 5.11 Å². The summed E-state index contributed by atoms with van der Waals surface area (Å²) in [6.07, 6.45) is 0.692. The van der Waals surface area contributed by atoms with Crippen LogP contribution in [0.3, 0.4) is 0 Å². The standard InChI is InChI=1S/C10H17NO3S2/c1-3-9(10-5-4-6-15-10)11-16(13,14)8(2)7-12/h4-6,8-9,11-12H,3,7H2,1-2H3. The maximum absolute atomic E-state index is 11.8. The summed E-state index contributed by atoms with van der Waals surface area (Å²) < 4.78 is 26.1. The molecule has 0 saturated heterocycles. The molecule has 16 heavy (non-hydrogen) atoms. The highest BCUT2D eigenvalue weighted by molar-refractivity contribution is 7.90. The van der Waals surface area contributed by atoms with Crippen LogP contribution in [0.4, 0.5) is 0 Å². The lowest BCUT2D eigenvalue weighted by Crippen LogP contribution is -2.36. The second-order valence-corrected chi connectivity index (χ2v) is 6.74. The predicted octanol–water partition coefficient (Wildman–Crippen LogP) is 1.50. The van der Waals surface area contributed by atoms with Crippen molar-refractivity contribution >= 4 is 21.4 Å². The van der Waals surface area contributed by atoms with Crippen molar-refractivity contribution < 1.29 is 13.5 Å². The number of hydrogen-bond acceptors (Lipinski definition) is 4. The van der Waals surface area contributed by atoms with Crippen LogP contribution in [0.2, 0.25) is 0 Å². The predicted molar refractivity (Wildman–Crippen MR) is 66.0 cm³/mol. The second-order valence-electron chi connectivity index (χ2n) is 3.63. The fourth-order valence-electron chi connectivity index (χ4n) is 1.24. The first-order valence-corrected chi connectivity index (χ1v) is 7.59. The topological polar surface area (TPSA) is 66.4 Å². The van der Waals surface area contributed by atoms with Crippen molar-refractivity contribution in [1.29, 1.82) is 0 Å². The van der Waals surface area contributed by atoms with Crippen LogP contribution in [0, 0.1) is 0 Å². The van der Waals surface area contributed by atoms with E-state index in [1.165, 1.54) is 18.3 Å². The van der Waals surface area contributed by atoms with Gasteiger partial charge in [0.2, 0.25) is 10.0 Å². The molecule has 0 amide bonds.